The zero-order valence-electron chi connectivity index (χ0n) is 20.1. The SMILES string of the molecule is CCOC(=O)c1c(NC(=O)C(C)OC(=O)COc2cccc3ccccc23)sc2c1CCC(C)C2. The van der Waals surface area contributed by atoms with Crippen molar-refractivity contribution in [1.29, 1.82) is 0 Å². The lowest BCUT2D eigenvalue weighted by molar-refractivity contribution is -0.155. The van der Waals surface area contributed by atoms with Crippen molar-refractivity contribution in [3.63, 3.8) is 0 Å². The maximum atomic E-state index is 12.8. The minimum Gasteiger partial charge on any atom is -0.481 e. The van der Waals surface area contributed by atoms with E-state index >= 15 is 0 Å². The maximum absolute atomic E-state index is 12.8. The fourth-order valence-electron chi connectivity index (χ4n) is 4.21. The highest BCUT2D eigenvalue weighted by molar-refractivity contribution is 7.17. The first-order valence-electron chi connectivity index (χ1n) is 11.8. The van der Waals surface area contributed by atoms with Crippen LogP contribution in [0, 0.1) is 5.92 Å². The summed E-state index contributed by atoms with van der Waals surface area (Å²) in [7, 11) is 0. The Balaban J connectivity index is 1.40. The summed E-state index contributed by atoms with van der Waals surface area (Å²) in [4.78, 5) is 39.0. The predicted octanol–water partition coefficient (Wildman–Crippen LogP) is 5.15. The second kappa shape index (κ2) is 10.9. The summed E-state index contributed by atoms with van der Waals surface area (Å²) in [6.07, 6.45) is 1.55. The molecular weight excluding hydrogens is 466 g/mol. The predicted molar refractivity (Wildman–Crippen MR) is 135 cm³/mol. The van der Waals surface area contributed by atoms with Crippen molar-refractivity contribution in [2.24, 2.45) is 5.92 Å². The molecule has 2 aromatic carbocycles. The maximum Gasteiger partial charge on any atom is 0.344 e. The van der Waals surface area contributed by atoms with E-state index < -0.39 is 23.9 Å². The molecule has 2 unspecified atom stereocenters. The van der Waals surface area contributed by atoms with Gasteiger partial charge in [0, 0.05) is 10.3 Å². The normalized spacial score (nSPS) is 15.7. The van der Waals surface area contributed by atoms with Gasteiger partial charge in [0.1, 0.15) is 10.8 Å². The van der Waals surface area contributed by atoms with E-state index in [0.29, 0.717) is 22.2 Å². The minimum absolute atomic E-state index is 0.248. The number of esters is 2. The largest absolute Gasteiger partial charge is 0.481 e. The molecule has 0 fully saturated rings. The van der Waals surface area contributed by atoms with Crippen molar-refractivity contribution < 1.29 is 28.6 Å². The Labute approximate surface area is 208 Å². The number of nitrogens with one attached hydrogen (secondary N) is 1. The van der Waals surface area contributed by atoms with Crippen LogP contribution in [-0.4, -0.2) is 37.2 Å². The van der Waals surface area contributed by atoms with Gasteiger partial charge >= 0.3 is 11.9 Å². The smallest absolute Gasteiger partial charge is 0.344 e. The number of carbonyl (C=O) groups is 3. The van der Waals surface area contributed by atoms with E-state index in [4.69, 9.17) is 14.2 Å². The molecule has 0 saturated heterocycles. The number of fused-ring (bicyclic) bond motifs is 2. The van der Waals surface area contributed by atoms with Crippen LogP contribution in [0.5, 0.6) is 5.75 Å². The highest BCUT2D eigenvalue weighted by atomic mass is 32.1. The number of hydrogen-bond donors (Lipinski definition) is 1. The molecule has 8 heteroatoms. The van der Waals surface area contributed by atoms with Crippen LogP contribution < -0.4 is 10.1 Å². The molecule has 35 heavy (non-hydrogen) atoms. The van der Waals surface area contributed by atoms with Crippen molar-refractivity contribution in [2.75, 3.05) is 18.5 Å². The quantitative estimate of drug-likeness (QED) is 0.435. The van der Waals surface area contributed by atoms with Gasteiger partial charge < -0.3 is 19.5 Å². The second-order valence-electron chi connectivity index (χ2n) is 8.66. The molecule has 0 bridgehead atoms. The average Bonchev–Trinajstić information content (AvgIpc) is 3.19. The van der Waals surface area contributed by atoms with Crippen molar-refractivity contribution >= 4 is 45.0 Å². The third kappa shape index (κ3) is 5.65. The zero-order chi connectivity index (χ0) is 24.9. The summed E-state index contributed by atoms with van der Waals surface area (Å²) in [5.41, 5.74) is 1.37. The Morgan fingerprint density at radius 1 is 1.14 bits per heavy atom. The Bertz CT molecular complexity index is 1240. The Morgan fingerprint density at radius 3 is 2.71 bits per heavy atom. The van der Waals surface area contributed by atoms with Crippen LogP contribution in [0.1, 0.15) is 48.0 Å². The van der Waals surface area contributed by atoms with Crippen LogP contribution in [-0.2, 0) is 31.9 Å². The molecule has 2 atom stereocenters. The fourth-order valence-corrected chi connectivity index (χ4v) is 5.62. The van der Waals surface area contributed by atoms with Gasteiger partial charge in [-0.3, -0.25) is 4.79 Å². The van der Waals surface area contributed by atoms with E-state index in [2.05, 4.69) is 12.2 Å². The molecule has 1 aliphatic rings. The number of anilines is 1. The molecule has 0 aliphatic heterocycles. The topological polar surface area (TPSA) is 90.9 Å². The lowest BCUT2D eigenvalue weighted by Gasteiger charge is -2.18. The van der Waals surface area contributed by atoms with Gasteiger partial charge in [-0.1, -0.05) is 43.3 Å². The summed E-state index contributed by atoms with van der Waals surface area (Å²) in [5.74, 6) is -0.537. The fraction of sp³-hybridized carbons (Fsp3) is 0.370. The van der Waals surface area contributed by atoms with Gasteiger partial charge in [-0.05, 0) is 56.0 Å². The summed E-state index contributed by atoms with van der Waals surface area (Å²) >= 11 is 1.40. The molecule has 0 spiro atoms. The molecule has 0 saturated carbocycles. The standard InChI is InChI=1S/C27H29NO6S/c1-4-32-27(31)24-20-13-12-16(2)14-22(20)35-26(24)28-25(30)17(3)34-23(29)15-33-21-11-7-9-18-8-5-6-10-19(18)21/h5-11,16-17H,4,12-15H2,1-3H3,(H,28,30). The third-order valence-electron chi connectivity index (χ3n) is 6.00. The van der Waals surface area contributed by atoms with E-state index in [1.54, 1.807) is 13.0 Å². The van der Waals surface area contributed by atoms with Crippen LogP contribution in [0.3, 0.4) is 0 Å². The molecule has 7 nitrogen and oxygen atoms in total. The van der Waals surface area contributed by atoms with Gasteiger partial charge in [-0.25, -0.2) is 9.59 Å². The van der Waals surface area contributed by atoms with E-state index in [0.717, 1.165) is 40.5 Å². The molecule has 1 heterocycles. The lowest BCUT2D eigenvalue weighted by Crippen LogP contribution is -2.32. The highest BCUT2D eigenvalue weighted by Gasteiger charge is 2.30. The van der Waals surface area contributed by atoms with Gasteiger partial charge in [0.2, 0.25) is 0 Å². The lowest BCUT2D eigenvalue weighted by atomic mass is 9.88. The molecular formula is C27H29NO6S. The summed E-state index contributed by atoms with van der Waals surface area (Å²) in [5, 5.41) is 5.11. The molecule has 1 aliphatic carbocycles. The molecule has 184 valence electrons. The summed E-state index contributed by atoms with van der Waals surface area (Å²) in [6.45, 7) is 5.33. The molecule has 1 aromatic heterocycles. The molecule has 3 aromatic rings. The Hall–Kier alpha value is -3.39. The van der Waals surface area contributed by atoms with Crippen molar-refractivity contribution in [1.82, 2.24) is 0 Å². The number of thiophene rings is 1. The minimum atomic E-state index is -1.06. The zero-order valence-corrected chi connectivity index (χ0v) is 20.9. The first kappa shape index (κ1) is 24.7. The van der Waals surface area contributed by atoms with Gasteiger partial charge in [0.05, 0.1) is 12.2 Å². The Kier molecular flexibility index (Phi) is 7.70. The molecule has 0 radical (unpaired) electrons. The number of rotatable bonds is 8. The molecule has 1 N–H and O–H groups in total. The average molecular weight is 496 g/mol. The van der Waals surface area contributed by atoms with Gasteiger partial charge in [0.15, 0.2) is 12.7 Å². The number of benzene rings is 2. The van der Waals surface area contributed by atoms with Crippen molar-refractivity contribution in [3.05, 3.63) is 58.5 Å². The van der Waals surface area contributed by atoms with E-state index in [-0.39, 0.29) is 13.2 Å². The van der Waals surface area contributed by atoms with Crippen LogP contribution >= 0.6 is 11.3 Å². The number of carbonyl (C=O) groups excluding carboxylic acids is 3. The first-order chi connectivity index (χ1) is 16.9. The van der Waals surface area contributed by atoms with E-state index in [1.165, 1.54) is 18.3 Å². The highest BCUT2D eigenvalue weighted by Crippen LogP contribution is 2.40. The second-order valence-corrected chi connectivity index (χ2v) is 9.77. The van der Waals surface area contributed by atoms with Crippen LogP contribution in [0.2, 0.25) is 0 Å². The molecule has 4 rings (SSSR count). The number of hydrogen-bond acceptors (Lipinski definition) is 7. The van der Waals surface area contributed by atoms with Crippen LogP contribution in [0.25, 0.3) is 10.8 Å². The summed E-state index contributed by atoms with van der Waals surface area (Å²) < 4.78 is 16.2. The number of ether oxygens (including phenoxy) is 3. The van der Waals surface area contributed by atoms with E-state index in [1.807, 2.05) is 36.4 Å². The first-order valence-corrected chi connectivity index (χ1v) is 12.6. The van der Waals surface area contributed by atoms with Gasteiger partial charge in [-0.15, -0.1) is 11.3 Å². The van der Waals surface area contributed by atoms with Gasteiger partial charge in [-0.2, -0.15) is 0 Å². The van der Waals surface area contributed by atoms with Crippen LogP contribution in [0.4, 0.5) is 5.00 Å². The van der Waals surface area contributed by atoms with Crippen molar-refractivity contribution in [2.45, 2.75) is 46.1 Å². The summed E-state index contributed by atoms with van der Waals surface area (Å²) in [6, 6.07) is 13.3. The monoisotopic (exact) mass is 495 g/mol. The van der Waals surface area contributed by atoms with Crippen LogP contribution in [0.15, 0.2) is 42.5 Å². The van der Waals surface area contributed by atoms with Crippen molar-refractivity contribution in [3.8, 4) is 5.75 Å². The molecule has 1 amide bonds. The Morgan fingerprint density at radius 2 is 1.91 bits per heavy atom. The third-order valence-corrected chi connectivity index (χ3v) is 7.17. The van der Waals surface area contributed by atoms with Gasteiger partial charge in [0.25, 0.3) is 5.91 Å². The number of amides is 1. The van der Waals surface area contributed by atoms with E-state index in [9.17, 15) is 14.4 Å².